The Morgan fingerprint density at radius 3 is 2.54 bits per heavy atom. The molecule has 0 bridgehead atoms. The molecule has 0 saturated carbocycles. The summed E-state index contributed by atoms with van der Waals surface area (Å²) in [5.74, 6) is -0.682. The maximum absolute atomic E-state index is 12.1. The van der Waals surface area contributed by atoms with Gasteiger partial charge >= 0.3 is 5.97 Å². The Hall–Kier alpha value is -3.29. The number of benzene rings is 1. The number of likely N-dealkylation sites (N-methyl/N-ethyl adjacent to an activating group) is 1. The Morgan fingerprint density at radius 1 is 1.14 bits per heavy atom. The lowest BCUT2D eigenvalue weighted by Gasteiger charge is -2.22. The molecule has 0 radical (unpaired) electrons. The number of hydrogen-bond donors (Lipinski definition) is 1. The Morgan fingerprint density at radius 2 is 1.89 bits per heavy atom. The summed E-state index contributed by atoms with van der Waals surface area (Å²) in [5, 5.41) is 2.67. The fraction of sp³-hybridized carbons (Fsp3) is 0.350. The molecule has 8 nitrogen and oxygen atoms in total. The van der Waals surface area contributed by atoms with Crippen LogP contribution in [0.4, 0.5) is 5.69 Å². The first-order valence-corrected chi connectivity index (χ1v) is 8.67. The fourth-order valence-corrected chi connectivity index (χ4v) is 2.17. The van der Waals surface area contributed by atoms with Crippen molar-refractivity contribution in [3.05, 3.63) is 48.4 Å². The van der Waals surface area contributed by atoms with E-state index in [9.17, 15) is 14.4 Å². The van der Waals surface area contributed by atoms with Crippen LogP contribution in [0.15, 0.2) is 47.1 Å². The predicted molar refractivity (Wildman–Crippen MR) is 102 cm³/mol. The van der Waals surface area contributed by atoms with Crippen LogP contribution in [0.2, 0.25) is 0 Å². The van der Waals surface area contributed by atoms with Gasteiger partial charge in [0.1, 0.15) is 17.9 Å². The van der Waals surface area contributed by atoms with E-state index in [0.29, 0.717) is 11.4 Å². The molecule has 1 N–H and O–H groups in total. The van der Waals surface area contributed by atoms with E-state index < -0.39 is 17.5 Å². The molecular weight excluding hydrogens is 364 g/mol. The van der Waals surface area contributed by atoms with Crippen molar-refractivity contribution < 1.29 is 28.3 Å². The standard InChI is InChI=1S/C20H24N2O6/c1-20(2,3)28-18(24)12-22(4)17(23)13-27-15-8-5-7-14(11-15)21-19(25)16-9-6-10-26-16/h5-11H,12-13H2,1-4H3,(H,21,25). The van der Waals surface area contributed by atoms with E-state index in [1.54, 1.807) is 57.2 Å². The van der Waals surface area contributed by atoms with Crippen LogP contribution in [0.5, 0.6) is 5.75 Å². The first kappa shape index (κ1) is 21.0. The minimum Gasteiger partial charge on any atom is -0.484 e. The van der Waals surface area contributed by atoms with Gasteiger partial charge in [0, 0.05) is 18.8 Å². The molecule has 2 amide bonds. The van der Waals surface area contributed by atoms with Crippen LogP contribution in [0.25, 0.3) is 0 Å². The third-order valence-corrected chi connectivity index (χ3v) is 3.41. The highest BCUT2D eigenvalue weighted by Gasteiger charge is 2.20. The number of rotatable bonds is 7. The molecule has 0 aliphatic heterocycles. The van der Waals surface area contributed by atoms with E-state index in [-0.39, 0.29) is 24.8 Å². The zero-order valence-electron chi connectivity index (χ0n) is 16.4. The molecule has 1 aromatic carbocycles. The van der Waals surface area contributed by atoms with E-state index in [0.717, 1.165) is 0 Å². The number of nitrogens with one attached hydrogen (secondary N) is 1. The number of hydrogen-bond acceptors (Lipinski definition) is 6. The Bertz CT molecular complexity index is 823. The molecule has 0 aliphatic rings. The molecule has 0 spiro atoms. The fourth-order valence-electron chi connectivity index (χ4n) is 2.17. The van der Waals surface area contributed by atoms with Crippen molar-refractivity contribution >= 4 is 23.5 Å². The van der Waals surface area contributed by atoms with Crippen molar-refractivity contribution in [3.8, 4) is 5.75 Å². The third-order valence-electron chi connectivity index (χ3n) is 3.41. The van der Waals surface area contributed by atoms with Crippen LogP contribution in [0.1, 0.15) is 31.3 Å². The van der Waals surface area contributed by atoms with E-state index in [2.05, 4.69) is 5.32 Å². The molecule has 1 heterocycles. The van der Waals surface area contributed by atoms with Gasteiger partial charge in [-0.3, -0.25) is 14.4 Å². The maximum atomic E-state index is 12.1. The van der Waals surface area contributed by atoms with Crippen LogP contribution in [0.3, 0.4) is 0 Å². The summed E-state index contributed by atoms with van der Waals surface area (Å²) in [6, 6.07) is 9.78. The second kappa shape index (κ2) is 9.07. The average Bonchev–Trinajstić information content (AvgIpc) is 3.13. The predicted octanol–water partition coefficient (Wildman–Crippen LogP) is 2.71. The summed E-state index contributed by atoms with van der Waals surface area (Å²) >= 11 is 0. The smallest absolute Gasteiger partial charge is 0.326 e. The number of ether oxygens (including phenoxy) is 2. The molecule has 0 unspecified atom stereocenters. The van der Waals surface area contributed by atoms with Crippen molar-refractivity contribution in [3.63, 3.8) is 0 Å². The first-order chi connectivity index (χ1) is 13.1. The number of nitrogens with zero attached hydrogens (tertiary/aromatic N) is 1. The number of carbonyl (C=O) groups is 3. The quantitative estimate of drug-likeness (QED) is 0.733. The van der Waals surface area contributed by atoms with Gasteiger partial charge in [-0.15, -0.1) is 0 Å². The molecule has 0 aliphatic carbocycles. The van der Waals surface area contributed by atoms with Gasteiger partial charge in [-0.05, 0) is 45.0 Å². The van der Waals surface area contributed by atoms with Crippen LogP contribution < -0.4 is 10.1 Å². The minimum absolute atomic E-state index is 0.168. The second-order valence-corrected chi connectivity index (χ2v) is 7.08. The van der Waals surface area contributed by atoms with Gasteiger partial charge in [0.2, 0.25) is 0 Å². The highest BCUT2D eigenvalue weighted by molar-refractivity contribution is 6.02. The average molecular weight is 388 g/mol. The van der Waals surface area contributed by atoms with E-state index >= 15 is 0 Å². The molecule has 0 atom stereocenters. The molecule has 0 fully saturated rings. The second-order valence-electron chi connectivity index (χ2n) is 7.08. The number of esters is 1. The molecule has 28 heavy (non-hydrogen) atoms. The summed E-state index contributed by atoms with van der Waals surface area (Å²) in [5.41, 5.74) is -0.119. The Balaban J connectivity index is 1.85. The Kier molecular flexibility index (Phi) is 6.81. The van der Waals surface area contributed by atoms with Gasteiger partial charge in [-0.1, -0.05) is 6.07 Å². The van der Waals surface area contributed by atoms with Gasteiger partial charge in [0.25, 0.3) is 11.8 Å². The molecule has 2 rings (SSSR count). The van der Waals surface area contributed by atoms with Gasteiger partial charge in [0.15, 0.2) is 12.4 Å². The minimum atomic E-state index is -0.613. The van der Waals surface area contributed by atoms with Gasteiger partial charge < -0.3 is 24.1 Å². The van der Waals surface area contributed by atoms with Crippen molar-refractivity contribution in [2.75, 3.05) is 25.5 Å². The summed E-state index contributed by atoms with van der Waals surface area (Å²) < 4.78 is 15.7. The molecule has 150 valence electrons. The zero-order valence-corrected chi connectivity index (χ0v) is 16.4. The zero-order chi connectivity index (χ0) is 20.7. The van der Waals surface area contributed by atoms with E-state index in [1.807, 2.05) is 0 Å². The highest BCUT2D eigenvalue weighted by atomic mass is 16.6. The summed E-state index contributed by atoms with van der Waals surface area (Å²) in [4.78, 5) is 37.2. The lowest BCUT2D eigenvalue weighted by Crippen LogP contribution is -2.38. The lowest BCUT2D eigenvalue weighted by molar-refractivity contribution is -0.158. The monoisotopic (exact) mass is 388 g/mol. The van der Waals surface area contributed by atoms with Gasteiger partial charge in [-0.25, -0.2) is 0 Å². The van der Waals surface area contributed by atoms with Gasteiger partial charge in [-0.2, -0.15) is 0 Å². The number of carbonyl (C=O) groups excluding carboxylic acids is 3. The van der Waals surface area contributed by atoms with E-state index in [4.69, 9.17) is 13.9 Å². The third kappa shape index (κ3) is 6.79. The van der Waals surface area contributed by atoms with Crippen molar-refractivity contribution in [1.29, 1.82) is 0 Å². The largest absolute Gasteiger partial charge is 0.484 e. The van der Waals surface area contributed by atoms with Crippen LogP contribution in [0, 0.1) is 0 Å². The maximum Gasteiger partial charge on any atom is 0.326 e. The first-order valence-electron chi connectivity index (χ1n) is 8.67. The van der Waals surface area contributed by atoms with Crippen LogP contribution in [-0.4, -0.2) is 48.5 Å². The topological polar surface area (TPSA) is 98.1 Å². The molecule has 8 heteroatoms. The normalized spacial score (nSPS) is 10.9. The highest BCUT2D eigenvalue weighted by Crippen LogP contribution is 2.18. The van der Waals surface area contributed by atoms with Crippen LogP contribution >= 0.6 is 0 Å². The van der Waals surface area contributed by atoms with Crippen molar-refractivity contribution in [1.82, 2.24) is 4.90 Å². The van der Waals surface area contributed by atoms with Crippen molar-refractivity contribution in [2.45, 2.75) is 26.4 Å². The summed E-state index contributed by atoms with van der Waals surface area (Å²) in [7, 11) is 1.50. The van der Waals surface area contributed by atoms with E-state index in [1.165, 1.54) is 18.2 Å². The summed E-state index contributed by atoms with van der Waals surface area (Å²) in [6.07, 6.45) is 1.41. The SMILES string of the molecule is CN(CC(=O)OC(C)(C)C)C(=O)COc1cccc(NC(=O)c2ccco2)c1. The molecular formula is C20H24N2O6. The van der Waals surface area contributed by atoms with Crippen LogP contribution in [-0.2, 0) is 14.3 Å². The Labute approximate surface area is 163 Å². The molecule has 2 aromatic rings. The molecule has 1 aromatic heterocycles. The van der Waals surface area contributed by atoms with Crippen molar-refractivity contribution in [2.24, 2.45) is 0 Å². The molecule has 0 saturated heterocycles. The van der Waals surface area contributed by atoms with Gasteiger partial charge in [0.05, 0.1) is 6.26 Å². The number of anilines is 1. The number of furan rings is 1. The summed E-state index contributed by atoms with van der Waals surface area (Å²) in [6.45, 7) is 4.85. The lowest BCUT2D eigenvalue weighted by atomic mass is 10.2. The number of amides is 2.